The fraction of sp³-hybridized carbons (Fsp3) is 0.381. The molecule has 6 heteroatoms. The lowest BCUT2D eigenvalue weighted by Crippen LogP contribution is -2.47. The van der Waals surface area contributed by atoms with Gasteiger partial charge in [-0.1, -0.05) is 29.4 Å². The molecule has 2 aromatic heterocycles. The first-order valence-electron chi connectivity index (χ1n) is 9.46. The summed E-state index contributed by atoms with van der Waals surface area (Å²) in [5.41, 5.74) is 3.46. The molecule has 1 aliphatic heterocycles. The van der Waals surface area contributed by atoms with Crippen LogP contribution in [0.5, 0.6) is 0 Å². The molecular formula is C21H22N4O2. The van der Waals surface area contributed by atoms with Gasteiger partial charge >= 0.3 is 0 Å². The fourth-order valence-corrected chi connectivity index (χ4v) is 4.61. The Bertz CT molecular complexity index is 932. The number of benzene rings is 1. The van der Waals surface area contributed by atoms with E-state index in [0.717, 1.165) is 37.9 Å². The lowest BCUT2D eigenvalue weighted by atomic mass is 9.72. The van der Waals surface area contributed by atoms with Gasteiger partial charge in [-0.2, -0.15) is 4.98 Å². The highest BCUT2D eigenvalue weighted by molar-refractivity contribution is 5.52. The Morgan fingerprint density at radius 3 is 2.70 bits per heavy atom. The zero-order valence-electron chi connectivity index (χ0n) is 15.1. The van der Waals surface area contributed by atoms with Crippen molar-refractivity contribution in [3.05, 3.63) is 65.8 Å². The van der Waals surface area contributed by atoms with Crippen molar-refractivity contribution in [1.29, 1.82) is 0 Å². The van der Waals surface area contributed by atoms with Crippen LogP contribution in [0, 0.1) is 0 Å². The number of aromatic nitrogens is 3. The summed E-state index contributed by atoms with van der Waals surface area (Å²) in [5.74, 6) is 1.23. The maximum atomic E-state index is 10.8. The summed E-state index contributed by atoms with van der Waals surface area (Å²) in [7, 11) is 0. The van der Waals surface area contributed by atoms with Gasteiger partial charge < -0.3 is 9.63 Å². The molecule has 138 valence electrons. The van der Waals surface area contributed by atoms with Crippen LogP contribution in [0.25, 0.3) is 11.4 Å². The largest absolute Gasteiger partial charge is 0.392 e. The predicted molar refractivity (Wildman–Crippen MR) is 99.9 cm³/mol. The monoisotopic (exact) mass is 362 g/mol. The minimum absolute atomic E-state index is 0.0931. The lowest BCUT2D eigenvalue weighted by molar-refractivity contribution is 0.0387. The first-order valence-corrected chi connectivity index (χ1v) is 9.46. The summed E-state index contributed by atoms with van der Waals surface area (Å²) in [4.78, 5) is 10.9. The van der Waals surface area contributed by atoms with Gasteiger partial charge in [0.05, 0.1) is 12.6 Å². The van der Waals surface area contributed by atoms with E-state index in [4.69, 9.17) is 4.52 Å². The van der Waals surface area contributed by atoms with E-state index in [9.17, 15) is 5.11 Å². The SMILES string of the molecule is OC1Cc2ccccc2C12CCN(Cc1nc(-c3ccncc3)no1)CC2. The zero-order chi connectivity index (χ0) is 18.3. The van der Waals surface area contributed by atoms with Crippen LogP contribution in [0.15, 0.2) is 53.3 Å². The van der Waals surface area contributed by atoms with Crippen molar-refractivity contribution in [1.82, 2.24) is 20.0 Å². The van der Waals surface area contributed by atoms with Crippen molar-refractivity contribution in [2.75, 3.05) is 13.1 Å². The molecule has 2 aliphatic rings. The molecule has 0 radical (unpaired) electrons. The molecular weight excluding hydrogens is 340 g/mol. The Hall–Kier alpha value is -2.57. The van der Waals surface area contributed by atoms with Crippen LogP contribution in [0.4, 0.5) is 0 Å². The molecule has 0 bridgehead atoms. The molecule has 1 N–H and O–H groups in total. The number of aliphatic hydroxyl groups is 1. The lowest BCUT2D eigenvalue weighted by Gasteiger charge is -2.41. The molecule has 0 saturated carbocycles. The van der Waals surface area contributed by atoms with E-state index < -0.39 is 0 Å². The smallest absolute Gasteiger partial charge is 0.241 e. The van der Waals surface area contributed by atoms with Crippen molar-refractivity contribution < 1.29 is 9.63 Å². The maximum Gasteiger partial charge on any atom is 0.241 e. The second-order valence-corrected chi connectivity index (χ2v) is 7.56. The summed E-state index contributed by atoms with van der Waals surface area (Å²) >= 11 is 0. The fourth-order valence-electron chi connectivity index (χ4n) is 4.61. The highest BCUT2D eigenvalue weighted by Crippen LogP contribution is 2.46. The second-order valence-electron chi connectivity index (χ2n) is 7.56. The molecule has 5 rings (SSSR count). The molecule has 3 heterocycles. The molecule has 1 fully saturated rings. The van der Waals surface area contributed by atoms with Crippen LogP contribution in [0.3, 0.4) is 0 Å². The number of piperidine rings is 1. The quantitative estimate of drug-likeness (QED) is 0.772. The van der Waals surface area contributed by atoms with Gasteiger partial charge in [0.15, 0.2) is 0 Å². The molecule has 1 saturated heterocycles. The van der Waals surface area contributed by atoms with E-state index in [-0.39, 0.29) is 11.5 Å². The van der Waals surface area contributed by atoms with Gasteiger partial charge in [-0.15, -0.1) is 0 Å². The van der Waals surface area contributed by atoms with Crippen molar-refractivity contribution in [2.24, 2.45) is 0 Å². The number of likely N-dealkylation sites (tertiary alicyclic amines) is 1. The van der Waals surface area contributed by atoms with E-state index in [1.165, 1.54) is 11.1 Å². The molecule has 6 nitrogen and oxygen atoms in total. The minimum Gasteiger partial charge on any atom is -0.392 e. The van der Waals surface area contributed by atoms with Crippen LogP contribution in [-0.4, -0.2) is 44.3 Å². The first kappa shape index (κ1) is 16.6. The van der Waals surface area contributed by atoms with Crippen LogP contribution < -0.4 is 0 Å². The molecule has 1 unspecified atom stereocenters. The van der Waals surface area contributed by atoms with Gasteiger partial charge in [-0.05, 0) is 55.6 Å². The Morgan fingerprint density at radius 1 is 1.11 bits per heavy atom. The van der Waals surface area contributed by atoms with Gasteiger partial charge in [-0.25, -0.2) is 0 Å². The number of hydrogen-bond donors (Lipinski definition) is 1. The summed E-state index contributed by atoms with van der Waals surface area (Å²) in [6, 6.07) is 12.2. The maximum absolute atomic E-state index is 10.8. The third kappa shape index (κ3) is 2.85. The summed E-state index contributed by atoms with van der Waals surface area (Å²) in [5, 5.41) is 14.9. The number of nitrogens with zero attached hydrogens (tertiary/aromatic N) is 4. The van der Waals surface area contributed by atoms with Crippen LogP contribution in [0.1, 0.15) is 29.9 Å². The topological polar surface area (TPSA) is 75.3 Å². The van der Waals surface area contributed by atoms with Gasteiger partial charge in [0.1, 0.15) is 0 Å². The van der Waals surface area contributed by atoms with E-state index in [0.29, 0.717) is 18.3 Å². The van der Waals surface area contributed by atoms with E-state index in [1.807, 2.05) is 12.1 Å². The van der Waals surface area contributed by atoms with Crippen LogP contribution in [-0.2, 0) is 18.4 Å². The third-order valence-corrected chi connectivity index (χ3v) is 6.12. The summed E-state index contributed by atoms with van der Waals surface area (Å²) in [6.45, 7) is 2.47. The second kappa shape index (κ2) is 6.55. The highest BCUT2D eigenvalue weighted by Gasteiger charge is 2.47. The molecule has 1 spiro atoms. The normalized spacial score (nSPS) is 21.4. The molecule has 1 aliphatic carbocycles. The highest BCUT2D eigenvalue weighted by atomic mass is 16.5. The molecule has 3 aromatic rings. The van der Waals surface area contributed by atoms with E-state index >= 15 is 0 Å². The van der Waals surface area contributed by atoms with Gasteiger partial charge in [0.2, 0.25) is 11.7 Å². The first-order chi connectivity index (χ1) is 13.2. The van der Waals surface area contributed by atoms with Crippen molar-refractivity contribution >= 4 is 0 Å². The molecule has 0 amide bonds. The molecule has 1 aromatic carbocycles. The minimum atomic E-state index is -0.279. The molecule has 27 heavy (non-hydrogen) atoms. The Balaban J connectivity index is 1.28. The Labute approximate surface area is 157 Å². The number of aliphatic hydroxyl groups excluding tert-OH is 1. The average molecular weight is 362 g/mol. The van der Waals surface area contributed by atoms with Crippen LogP contribution >= 0.6 is 0 Å². The van der Waals surface area contributed by atoms with Crippen molar-refractivity contribution in [3.63, 3.8) is 0 Å². The van der Waals surface area contributed by atoms with Crippen LogP contribution in [0.2, 0.25) is 0 Å². The Kier molecular flexibility index (Phi) is 4.02. The van der Waals surface area contributed by atoms with Gasteiger partial charge in [0.25, 0.3) is 0 Å². The molecule has 1 atom stereocenters. The Morgan fingerprint density at radius 2 is 1.89 bits per heavy atom. The van der Waals surface area contributed by atoms with Crippen molar-refractivity contribution in [3.8, 4) is 11.4 Å². The van der Waals surface area contributed by atoms with Gasteiger partial charge in [0, 0.05) is 23.4 Å². The standard InChI is InChI=1S/C21H22N4O2/c26-18-13-16-3-1-2-4-17(16)21(18)7-11-25(12-8-21)14-19-23-20(24-27-19)15-5-9-22-10-6-15/h1-6,9-10,18,26H,7-8,11-14H2. The predicted octanol–water partition coefficient (Wildman–Crippen LogP) is 2.58. The van der Waals surface area contributed by atoms with E-state index in [1.54, 1.807) is 12.4 Å². The average Bonchev–Trinajstić information content (AvgIpc) is 3.28. The third-order valence-electron chi connectivity index (χ3n) is 6.12. The number of rotatable bonds is 3. The number of fused-ring (bicyclic) bond motifs is 2. The zero-order valence-corrected chi connectivity index (χ0v) is 15.1. The summed E-state index contributed by atoms with van der Waals surface area (Å²) in [6.07, 6.45) is 5.85. The summed E-state index contributed by atoms with van der Waals surface area (Å²) < 4.78 is 5.44. The van der Waals surface area contributed by atoms with Gasteiger partial charge in [-0.3, -0.25) is 9.88 Å². The van der Waals surface area contributed by atoms with E-state index in [2.05, 4.69) is 44.3 Å². The van der Waals surface area contributed by atoms with Crippen molar-refractivity contribution in [2.45, 2.75) is 37.3 Å². The number of hydrogen-bond acceptors (Lipinski definition) is 6. The number of pyridine rings is 1.